The van der Waals surface area contributed by atoms with Crippen LogP contribution in [0.5, 0.6) is 0 Å². The molecule has 0 aliphatic carbocycles. The third-order valence-corrected chi connectivity index (χ3v) is 3.69. The smallest absolute Gasteiger partial charge is 0.180 e. The number of hydrogen-bond donors (Lipinski definition) is 0. The fourth-order valence-corrected chi connectivity index (χ4v) is 2.38. The Morgan fingerprint density at radius 1 is 0.607 bits per heavy atom. The van der Waals surface area contributed by atoms with Gasteiger partial charge in [-0.15, -0.1) is 0 Å². The first kappa shape index (κ1) is 20.0. The zero-order valence-corrected chi connectivity index (χ0v) is 13.3. The quantitative estimate of drug-likeness (QED) is 0.553. The van der Waals surface area contributed by atoms with Crippen LogP contribution in [0.4, 0.5) is 26.3 Å². The first-order valence-corrected chi connectivity index (χ1v) is 6.88. The van der Waals surface area contributed by atoms with Crippen molar-refractivity contribution in [3.63, 3.8) is 0 Å². The summed E-state index contributed by atoms with van der Waals surface area (Å²) >= 11 is 0. The van der Waals surface area contributed by atoms with Crippen LogP contribution in [0.25, 0.3) is 12.2 Å². The van der Waals surface area contributed by atoms with Crippen molar-refractivity contribution in [2.24, 2.45) is 0 Å². The monoisotopic (exact) mass is 388 g/mol. The molecule has 0 fully saturated rings. The highest BCUT2D eigenvalue weighted by Crippen LogP contribution is 2.28. The molecule has 0 heterocycles. The molecular weight excluding hydrogens is 386 g/mol. The molecule has 0 N–H and O–H groups in total. The Morgan fingerprint density at radius 3 is 1.46 bits per heavy atom. The van der Waals surface area contributed by atoms with Gasteiger partial charge in [0.15, 0.2) is 29.1 Å². The van der Waals surface area contributed by atoms with Gasteiger partial charge < -0.3 is 0 Å². The van der Waals surface area contributed by atoms with Gasteiger partial charge in [-0.05, 0) is 0 Å². The number of nitrogens with zero attached hydrogens (tertiary/aromatic N) is 4. The normalized spacial score (nSPS) is 11.1. The van der Waals surface area contributed by atoms with Crippen molar-refractivity contribution in [3.8, 4) is 24.3 Å². The van der Waals surface area contributed by atoms with E-state index < -0.39 is 73.2 Å². The highest BCUT2D eigenvalue weighted by molar-refractivity contribution is 5.79. The molecule has 0 spiro atoms. The Labute approximate surface area is 152 Å². The average Bonchev–Trinajstić information content (AvgIpc) is 2.68. The fraction of sp³-hybridized carbons (Fsp3) is 0. The fourth-order valence-electron chi connectivity index (χ4n) is 2.38. The molecule has 2 aromatic carbocycles. The molecule has 0 amide bonds. The Hall–Kier alpha value is -4.28. The molecule has 0 bridgehead atoms. The molecule has 10 heteroatoms. The van der Waals surface area contributed by atoms with Gasteiger partial charge in [0.05, 0.1) is 27.5 Å². The molecule has 0 aliphatic rings. The van der Waals surface area contributed by atoms with E-state index in [0.29, 0.717) is 0 Å². The Bertz CT molecular complexity index is 1300. The maximum Gasteiger partial charge on any atom is 0.180 e. The molecule has 2 aromatic rings. The van der Waals surface area contributed by atoms with Gasteiger partial charge in [-0.25, -0.2) is 26.3 Å². The lowest BCUT2D eigenvalue weighted by atomic mass is 9.95. The predicted molar refractivity (Wildman–Crippen MR) is 79.7 cm³/mol. The largest absolute Gasteiger partial charge is 0.205 e. The number of benzene rings is 2. The minimum absolute atomic E-state index is 0.865. The Morgan fingerprint density at radius 2 is 1.07 bits per heavy atom. The van der Waals surface area contributed by atoms with Crippen molar-refractivity contribution in [2.75, 3.05) is 0 Å². The lowest BCUT2D eigenvalue weighted by Crippen LogP contribution is -2.29. The van der Waals surface area contributed by atoms with Gasteiger partial charge in [0, 0.05) is 5.22 Å². The molecule has 28 heavy (non-hydrogen) atoms. The summed E-state index contributed by atoms with van der Waals surface area (Å²) in [7, 11) is 0. The molecule has 0 aliphatic heterocycles. The maximum atomic E-state index is 14.7. The van der Waals surface area contributed by atoms with Crippen molar-refractivity contribution >= 4 is 12.2 Å². The first-order chi connectivity index (χ1) is 13.2. The maximum absolute atomic E-state index is 14.7. The third-order valence-electron chi connectivity index (χ3n) is 3.69. The summed E-state index contributed by atoms with van der Waals surface area (Å²) in [4.78, 5) is 0. The van der Waals surface area contributed by atoms with E-state index in [0.717, 1.165) is 18.2 Å². The highest BCUT2D eigenvalue weighted by atomic mass is 19.2. The number of hydrogen-bond acceptors (Lipinski definition) is 4. The van der Waals surface area contributed by atoms with Crippen LogP contribution in [-0.2, 0) is 0 Å². The van der Waals surface area contributed by atoms with E-state index in [1.54, 1.807) is 0 Å². The van der Waals surface area contributed by atoms with Crippen LogP contribution in [0.2, 0.25) is 0 Å². The van der Waals surface area contributed by atoms with Crippen molar-refractivity contribution < 1.29 is 26.3 Å². The first-order valence-electron chi connectivity index (χ1n) is 6.88. The van der Waals surface area contributed by atoms with Crippen molar-refractivity contribution in [3.05, 3.63) is 67.6 Å². The van der Waals surface area contributed by atoms with Gasteiger partial charge in [0.25, 0.3) is 0 Å². The van der Waals surface area contributed by atoms with Crippen molar-refractivity contribution in [2.45, 2.75) is 0 Å². The van der Waals surface area contributed by atoms with Crippen LogP contribution in [0.15, 0.2) is 0 Å². The second-order valence-corrected chi connectivity index (χ2v) is 5.06. The van der Waals surface area contributed by atoms with Gasteiger partial charge >= 0.3 is 0 Å². The van der Waals surface area contributed by atoms with Crippen LogP contribution in [0.3, 0.4) is 0 Å². The molecule has 0 aromatic heterocycles. The van der Waals surface area contributed by atoms with Gasteiger partial charge in [0.2, 0.25) is 0 Å². The van der Waals surface area contributed by atoms with Crippen LogP contribution in [0, 0.1) is 80.2 Å². The number of halogens is 6. The Kier molecular flexibility index (Phi) is 5.12. The zero-order valence-electron chi connectivity index (χ0n) is 13.3. The summed E-state index contributed by atoms with van der Waals surface area (Å²) in [5, 5.41) is 33.6. The SMILES string of the molecule is C=c1c(F)c(C#N)/c(=C(/C#N)c2c(F)c(F)c(C#N)c(F)c2F)c(F)c1C#N. The lowest BCUT2D eigenvalue weighted by Gasteiger charge is -2.09. The second kappa shape index (κ2) is 7.15. The van der Waals surface area contributed by atoms with Gasteiger partial charge in [-0.2, -0.15) is 21.0 Å². The summed E-state index contributed by atoms with van der Waals surface area (Å²) in [6, 6.07) is 4.29. The summed E-state index contributed by atoms with van der Waals surface area (Å²) in [6.07, 6.45) is 0. The van der Waals surface area contributed by atoms with E-state index in [1.165, 1.54) is 6.07 Å². The lowest BCUT2D eigenvalue weighted by molar-refractivity contribution is 0.446. The summed E-state index contributed by atoms with van der Waals surface area (Å²) in [5.74, 6) is -12.2. The van der Waals surface area contributed by atoms with E-state index in [2.05, 4.69) is 6.58 Å². The van der Waals surface area contributed by atoms with E-state index in [-0.39, 0.29) is 0 Å². The van der Waals surface area contributed by atoms with E-state index in [4.69, 9.17) is 15.8 Å². The minimum Gasteiger partial charge on any atom is -0.205 e. The third kappa shape index (κ3) is 2.61. The molecule has 0 saturated heterocycles. The zero-order chi connectivity index (χ0) is 21.3. The molecule has 4 nitrogen and oxygen atoms in total. The molecule has 136 valence electrons. The molecule has 0 atom stereocenters. The summed E-state index contributed by atoms with van der Waals surface area (Å²) in [5.41, 5.74) is -7.26. The van der Waals surface area contributed by atoms with Crippen LogP contribution in [0.1, 0.15) is 22.3 Å². The molecule has 2 rings (SSSR count). The molecule has 0 unspecified atom stereocenters. The number of rotatable bonds is 1. The standard InChI is InChI=1S/C18H2F6N4/c1-6-7(2-25)14(20)11(9(4-27)13(6)19)8(3-26)12-17(23)15(21)10(5-28)16(22)18(12)24/h1H2/b11-8+. The van der Waals surface area contributed by atoms with E-state index in [1.807, 2.05) is 0 Å². The molecule has 0 saturated carbocycles. The summed E-state index contributed by atoms with van der Waals surface area (Å²) in [6.45, 7) is 3.06. The van der Waals surface area contributed by atoms with Crippen LogP contribution in [-0.4, -0.2) is 0 Å². The second-order valence-electron chi connectivity index (χ2n) is 5.06. The van der Waals surface area contributed by atoms with E-state index in [9.17, 15) is 31.6 Å². The molecular formula is C18H2F6N4. The van der Waals surface area contributed by atoms with Crippen molar-refractivity contribution in [1.29, 1.82) is 21.0 Å². The van der Waals surface area contributed by atoms with Crippen LogP contribution >= 0.6 is 0 Å². The average molecular weight is 388 g/mol. The number of nitriles is 4. The van der Waals surface area contributed by atoms with Gasteiger partial charge in [0.1, 0.15) is 35.7 Å². The van der Waals surface area contributed by atoms with Crippen molar-refractivity contribution in [1.82, 2.24) is 0 Å². The van der Waals surface area contributed by atoms with Crippen LogP contribution < -0.4 is 10.4 Å². The topological polar surface area (TPSA) is 95.2 Å². The van der Waals surface area contributed by atoms with E-state index >= 15 is 0 Å². The Balaban J connectivity index is 3.34. The minimum atomic E-state index is -2.24. The predicted octanol–water partition coefficient (Wildman–Crippen LogP) is 2.27. The highest BCUT2D eigenvalue weighted by Gasteiger charge is 2.30. The molecule has 0 radical (unpaired) electrons. The van der Waals surface area contributed by atoms with Gasteiger partial charge in [-0.1, -0.05) is 6.58 Å². The summed E-state index contributed by atoms with van der Waals surface area (Å²) < 4.78 is 85.2. The van der Waals surface area contributed by atoms with Gasteiger partial charge in [-0.3, -0.25) is 0 Å².